The fourth-order valence-electron chi connectivity index (χ4n) is 1.69. The first-order valence-electron chi connectivity index (χ1n) is 5.34. The van der Waals surface area contributed by atoms with Crippen molar-refractivity contribution in [1.82, 2.24) is 5.32 Å². The Balaban J connectivity index is 0.00000196. The maximum atomic E-state index is 11.2. The van der Waals surface area contributed by atoms with Crippen LogP contribution in [-0.2, 0) is 9.53 Å². The van der Waals surface area contributed by atoms with Gasteiger partial charge in [-0.25, -0.2) is 0 Å². The standard InChI is InChI=1S/C10H20N2O2.ClH/c1-8-2-3-9(14-8)4-5-10(13)12-7-6-11;/h8-9H,2-7,11H2,1H3,(H,12,13);1H. The lowest BCUT2D eigenvalue weighted by Gasteiger charge is -2.10. The molecule has 1 amide bonds. The molecule has 0 bridgehead atoms. The average Bonchev–Trinajstić information content (AvgIpc) is 2.58. The van der Waals surface area contributed by atoms with Crippen LogP contribution >= 0.6 is 12.4 Å². The van der Waals surface area contributed by atoms with Gasteiger partial charge in [-0.2, -0.15) is 0 Å². The summed E-state index contributed by atoms with van der Waals surface area (Å²) in [6, 6.07) is 0. The highest BCUT2D eigenvalue weighted by Gasteiger charge is 2.21. The molecule has 2 unspecified atom stereocenters. The van der Waals surface area contributed by atoms with Crippen LogP contribution in [0.5, 0.6) is 0 Å². The maximum absolute atomic E-state index is 11.2. The van der Waals surface area contributed by atoms with E-state index in [0.717, 1.165) is 19.3 Å². The van der Waals surface area contributed by atoms with E-state index >= 15 is 0 Å². The van der Waals surface area contributed by atoms with Crippen molar-refractivity contribution < 1.29 is 9.53 Å². The highest BCUT2D eigenvalue weighted by atomic mass is 35.5. The third-order valence-electron chi connectivity index (χ3n) is 2.48. The number of halogens is 1. The van der Waals surface area contributed by atoms with Crippen molar-refractivity contribution in [3.05, 3.63) is 0 Å². The number of hydrogen-bond donors (Lipinski definition) is 2. The van der Waals surface area contributed by atoms with Crippen molar-refractivity contribution in [3.8, 4) is 0 Å². The van der Waals surface area contributed by atoms with E-state index in [4.69, 9.17) is 10.5 Å². The maximum Gasteiger partial charge on any atom is 0.220 e. The summed E-state index contributed by atoms with van der Waals surface area (Å²) >= 11 is 0. The Morgan fingerprint density at radius 1 is 1.53 bits per heavy atom. The van der Waals surface area contributed by atoms with E-state index in [1.54, 1.807) is 0 Å². The lowest BCUT2D eigenvalue weighted by Crippen LogP contribution is -2.29. The van der Waals surface area contributed by atoms with E-state index in [0.29, 0.717) is 25.6 Å². The normalized spacial score (nSPS) is 24.7. The second-order valence-corrected chi connectivity index (χ2v) is 3.82. The van der Waals surface area contributed by atoms with Gasteiger partial charge in [0.1, 0.15) is 0 Å². The number of rotatable bonds is 5. The van der Waals surface area contributed by atoms with Gasteiger partial charge in [-0.15, -0.1) is 12.4 Å². The van der Waals surface area contributed by atoms with Crippen LogP contribution in [0, 0.1) is 0 Å². The number of nitrogens with one attached hydrogen (secondary N) is 1. The van der Waals surface area contributed by atoms with Gasteiger partial charge in [0.05, 0.1) is 12.2 Å². The molecule has 2 atom stereocenters. The molecule has 0 aliphatic carbocycles. The fourth-order valence-corrected chi connectivity index (χ4v) is 1.69. The van der Waals surface area contributed by atoms with Gasteiger partial charge in [-0.3, -0.25) is 4.79 Å². The number of hydrogen-bond acceptors (Lipinski definition) is 3. The molecule has 0 aromatic rings. The second kappa shape index (κ2) is 7.91. The zero-order valence-corrected chi connectivity index (χ0v) is 10.0. The summed E-state index contributed by atoms with van der Waals surface area (Å²) in [6.45, 7) is 3.15. The summed E-state index contributed by atoms with van der Waals surface area (Å²) in [4.78, 5) is 11.2. The summed E-state index contributed by atoms with van der Waals surface area (Å²) in [7, 11) is 0. The number of ether oxygens (including phenoxy) is 1. The largest absolute Gasteiger partial charge is 0.375 e. The zero-order valence-electron chi connectivity index (χ0n) is 9.20. The van der Waals surface area contributed by atoms with E-state index in [9.17, 15) is 4.79 Å². The van der Waals surface area contributed by atoms with Crippen LogP contribution in [0.25, 0.3) is 0 Å². The molecule has 1 fully saturated rings. The van der Waals surface area contributed by atoms with Crippen molar-refractivity contribution in [2.24, 2.45) is 5.73 Å². The van der Waals surface area contributed by atoms with Crippen LogP contribution in [0.2, 0.25) is 0 Å². The molecule has 4 nitrogen and oxygen atoms in total. The molecule has 0 spiro atoms. The van der Waals surface area contributed by atoms with E-state index in [1.807, 2.05) is 0 Å². The molecule has 0 aromatic heterocycles. The van der Waals surface area contributed by atoms with E-state index in [1.165, 1.54) is 0 Å². The molecule has 1 aliphatic rings. The van der Waals surface area contributed by atoms with Gasteiger partial charge in [-0.05, 0) is 26.2 Å². The van der Waals surface area contributed by atoms with Gasteiger partial charge in [0.25, 0.3) is 0 Å². The molecular formula is C10H21ClN2O2. The molecule has 1 saturated heterocycles. The molecule has 5 heteroatoms. The number of carbonyl (C=O) groups is 1. The lowest BCUT2D eigenvalue weighted by molar-refractivity contribution is -0.121. The van der Waals surface area contributed by atoms with Crippen LogP contribution < -0.4 is 11.1 Å². The van der Waals surface area contributed by atoms with Crippen LogP contribution in [-0.4, -0.2) is 31.2 Å². The molecule has 1 rings (SSSR count). The molecule has 0 radical (unpaired) electrons. The number of carbonyl (C=O) groups excluding carboxylic acids is 1. The first-order valence-corrected chi connectivity index (χ1v) is 5.34. The van der Waals surface area contributed by atoms with Crippen LogP contribution in [0.1, 0.15) is 32.6 Å². The third kappa shape index (κ3) is 5.97. The van der Waals surface area contributed by atoms with Crippen molar-refractivity contribution >= 4 is 18.3 Å². The summed E-state index contributed by atoms with van der Waals surface area (Å²) in [5, 5.41) is 2.75. The Hall–Kier alpha value is -0.320. The quantitative estimate of drug-likeness (QED) is 0.743. The molecule has 3 N–H and O–H groups in total. The summed E-state index contributed by atoms with van der Waals surface area (Å²) in [5.41, 5.74) is 5.27. The third-order valence-corrected chi connectivity index (χ3v) is 2.48. The Morgan fingerprint density at radius 2 is 2.27 bits per heavy atom. The van der Waals surface area contributed by atoms with Crippen molar-refractivity contribution in [3.63, 3.8) is 0 Å². The van der Waals surface area contributed by atoms with Gasteiger partial charge in [0, 0.05) is 19.5 Å². The first kappa shape index (κ1) is 14.7. The molecule has 1 heterocycles. The van der Waals surface area contributed by atoms with Crippen molar-refractivity contribution in [1.29, 1.82) is 0 Å². The van der Waals surface area contributed by atoms with Gasteiger partial charge in [0.2, 0.25) is 5.91 Å². The minimum atomic E-state index is 0. The number of nitrogens with two attached hydrogens (primary N) is 1. The predicted octanol–water partition coefficient (Wildman–Crippen LogP) is 0.831. The predicted molar refractivity (Wildman–Crippen MR) is 62.1 cm³/mol. The van der Waals surface area contributed by atoms with Gasteiger partial charge < -0.3 is 15.8 Å². The number of amides is 1. The van der Waals surface area contributed by atoms with Gasteiger partial charge >= 0.3 is 0 Å². The smallest absolute Gasteiger partial charge is 0.220 e. The van der Waals surface area contributed by atoms with Gasteiger partial charge in [0.15, 0.2) is 0 Å². The van der Waals surface area contributed by atoms with Crippen LogP contribution in [0.15, 0.2) is 0 Å². The van der Waals surface area contributed by atoms with Crippen LogP contribution in [0.4, 0.5) is 0 Å². The Morgan fingerprint density at radius 3 is 2.80 bits per heavy atom. The first-order chi connectivity index (χ1) is 6.72. The van der Waals surface area contributed by atoms with Gasteiger partial charge in [-0.1, -0.05) is 0 Å². The monoisotopic (exact) mass is 236 g/mol. The summed E-state index contributed by atoms with van der Waals surface area (Å²) in [5.74, 6) is 0.0820. The molecule has 0 saturated carbocycles. The average molecular weight is 237 g/mol. The van der Waals surface area contributed by atoms with E-state index < -0.39 is 0 Å². The Kier molecular flexibility index (Phi) is 7.74. The highest BCUT2D eigenvalue weighted by Crippen LogP contribution is 2.22. The topological polar surface area (TPSA) is 64.4 Å². The molecule has 0 aromatic carbocycles. The Labute approximate surface area is 97.3 Å². The van der Waals surface area contributed by atoms with Crippen molar-refractivity contribution in [2.75, 3.05) is 13.1 Å². The SMILES string of the molecule is CC1CCC(CCC(=O)NCCN)O1.Cl. The molecular weight excluding hydrogens is 216 g/mol. The molecule has 1 aliphatic heterocycles. The Bertz CT molecular complexity index is 190. The molecule has 90 valence electrons. The molecule has 15 heavy (non-hydrogen) atoms. The lowest BCUT2D eigenvalue weighted by atomic mass is 10.1. The minimum Gasteiger partial charge on any atom is -0.375 e. The highest BCUT2D eigenvalue weighted by molar-refractivity contribution is 5.85. The summed E-state index contributed by atoms with van der Waals surface area (Å²) in [6.07, 6.45) is 4.25. The van der Waals surface area contributed by atoms with E-state index in [-0.39, 0.29) is 24.4 Å². The summed E-state index contributed by atoms with van der Waals surface area (Å²) < 4.78 is 5.61. The van der Waals surface area contributed by atoms with E-state index in [2.05, 4.69) is 12.2 Å². The van der Waals surface area contributed by atoms with Crippen LogP contribution in [0.3, 0.4) is 0 Å². The fraction of sp³-hybridized carbons (Fsp3) is 0.900. The minimum absolute atomic E-state index is 0. The van der Waals surface area contributed by atoms with Crippen molar-refractivity contribution in [2.45, 2.75) is 44.8 Å². The second-order valence-electron chi connectivity index (χ2n) is 3.82. The zero-order chi connectivity index (χ0) is 10.4.